The van der Waals surface area contributed by atoms with Gasteiger partial charge >= 0.3 is 6.03 Å². The lowest BCUT2D eigenvalue weighted by molar-refractivity contribution is 0.252. The van der Waals surface area contributed by atoms with Crippen LogP contribution in [0.25, 0.3) is 5.82 Å². The second-order valence-corrected chi connectivity index (χ2v) is 5.85. The Balaban J connectivity index is 1.49. The SMILES string of the molecule is CCOc1ccccc1NC(=O)NCCNc1cc(-n2cccn2)nc(C)n1. The molecule has 0 saturated carbocycles. The Morgan fingerprint density at radius 2 is 2.04 bits per heavy atom. The molecule has 28 heavy (non-hydrogen) atoms. The molecule has 3 rings (SSSR count). The van der Waals surface area contributed by atoms with Crippen molar-refractivity contribution >= 4 is 17.5 Å². The molecular weight excluding hydrogens is 358 g/mol. The lowest BCUT2D eigenvalue weighted by Gasteiger charge is -2.12. The highest BCUT2D eigenvalue weighted by molar-refractivity contribution is 5.90. The van der Waals surface area contributed by atoms with Gasteiger partial charge in [0.15, 0.2) is 5.82 Å². The number of para-hydroxylation sites is 2. The van der Waals surface area contributed by atoms with E-state index in [2.05, 4.69) is 31.0 Å². The standard InChI is InChI=1S/C19H23N7O2/c1-3-28-16-8-5-4-7-15(16)25-19(27)21-11-10-20-17-13-18(24-14(2)23-17)26-12-6-9-22-26/h4-9,12-13H,3,10-11H2,1-2H3,(H,20,23,24)(H2,21,25,27). The normalized spacial score (nSPS) is 10.4. The fourth-order valence-electron chi connectivity index (χ4n) is 2.55. The number of anilines is 2. The molecule has 146 valence electrons. The number of nitrogens with one attached hydrogen (secondary N) is 3. The van der Waals surface area contributed by atoms with Gasteiger partial charge in [0.05, 0.1) is 12.3 Å². The maximum atomic E-state index is 12.1. The first kappa shape index (κ1) is 19.2. The maximum Gasteiger partial charge on any atom is 0.319 e. The van der Waals surface area contributed by atoms with Gasteiger partial charge in [-0.25, -0.2) is 19.4 Å². The van der Waals surface area contributed by atoms with Gasteiger partial charge in [-0.3, -0.25) is 0 Å². The van der Waals surface area contributed by atoms with Crippen LogP contribution >= 0.6 is 0 Å². The van der Waals surface area contributed by atoms with Crippen LogP contribution in [-0.2, 0) is 0 Å². The fraction of sp³-hybridized carbons (Fsp3) is 0.263. The molecule has 0 unspecified atom stereocenters. The Morgan fingerprint density at radius 3 is 2.82 bits per heavy atom. The molecule has 2 heterocycles. The Hall–Kier alpha value is -3.62. The van der Waals surface area contributed by atoms with Crippen molar-refractivity contribution in [2.24, 2.45) is 0 Å². The first-order valence-corrected chi connectivity index (χ1v) is 9.02. The van der Waals surface area contributed by atoms with Crippen LogP contribution in [0.15, 0.2) is 48.8 Å². The molecule has 0 bridgehead atoms. The van der Waals surface area contributed by atoms with Crippen molar-refractivity contribution in [3.63, 3.8) is 0 Å². The number of hydrogen-bond acceptors (Lipinski definition) is 6. The number of nitrogens with zero attached hydrogens (tertiary/aromatic N) is 4. The molecule has 1 aromatic carbocycles. The molecule has 0 saturated heterocycles. The largest absolute Gasteiger partial charge is 0.492 e. The van der Waals surface area contributed by atoms with Gasteiger partial charge in [-0.1, -0.05) is 12.1 Å². The molecule has 0 spiro atoms. The van der Waals surface area contributed by atoms with E-state index in [1.807, 2.05) is 44.3 Å². The van der Waals surface area contributed by atoms with Crippen molar-refractivity contribution in [2.45, 2.75) is 13.8 Å². The zero-order valence-corrected chi connectivity index (χ0v) is 15.8. The molecular formula is C19H23N7O2. The zero-order valence-electron chi connectivity index (χ0n) is 15.8. The summed E-state index contributed by atoms with van der Waals surface area (Å²) in [5.41, 5.74) is 0.630. The lowest BCUT2D eigenvalue weighted by atomic mass is 10.3. The third kappa shape index (κ3) is 5.19. The summed E-state index contributed by atoms with van der Waals surface area (Å²) < 4.78 is 7.17. The van der Waals surface area contributed by atoms with Crippen LogP contribution in [-0.4, -0.2) is 45.5 Å². The second-order valence-electron chi connectivity index (χ2n) is 5.85. The average molecular weight is 381 g/mol. The third-order valence-electron chi connectivity index (χ3n) is 3.72. The molecule has 2 amide bonds. The summed E-state index contributed by atoms with van der Waals surface area (Å²) in [5.74, 6) is 2.62. The van der Waals surface area contributed by atoms with Gasteiger partial charge in [0.1, 0.15) is 17.4 Å². The molecule has 0 radical (unpaired) electrons. The van der Waals surface area contributed by atoms with Gasteiger partial charge in [0, 0.05) is 31.5 Å². The Bertz CT molecular complexity index is 912. The van der Waals surface area contributed by atoms with Crippen LogP contribution in [0.4, 0.5) is 16.3 Å². The van der Waals surface area contributed by atoms with Gasteiger partial charge in [0.25, 0.3) is 0 Å². The predicted octanol–water partition coefficient (Wildman–Crippen LogP) is 2.60. The van der Waals surface area contributed by atoms with E-state index in [-0.39, 0.29) is 6.03 Å². The summed E-state index contributed by atoms with van der Waals surface area (Å²) in [7, 11) is 0. The molecule has 3 aromatic rings. The molecule has 9 nitrogen and oxygen atoms in total. The van der Waals surface area contributed by atoms with Crippen molar-refractivity contribution in [3.8, 4) is 11.6 Å². The van der Waals surface area contributed by atoms with Crippen LogP contribution < -0.4 is 20.7 Å². The summed E-state index contributed by atoms with van der Waals surface area (Å²) in [6.45, 7) is 5.18. The van der Waals surface area contributed by atoms with Crippen LogP contribution in [0.3, 0.4) is 0 Å². The highest BCUT2D eigenvalue weighted by Crippen LogP contribution is 2.23. The van der Waals surface area contributed by atoms with Gasteiger partial charge < -0.3 is 20.7 Å². The van der Waals surface area contributed by atoms with Crippen molar-refractivity contribution < 1.29 is 9.53 Å². The molecule has 0 aliphatic heterocycles. The van der Waals surface area contributed by atoms with Gasteiger partial charge in [-0.15, -0.1) is 0 Å². The maximum absolute atomic E-state index is 12.1. The van der Waals surface area contributed by atoms with Crippen LogP contribution in [0, 0.1) is 6.92 Å². The van der Waals surface area contributed by atoms with Crippen molar-refractivity contribution in [1.29, 1.82) is 0 Å². The van der Waals surface area contributed by atoms with E-state index in [9.17, 15) is 4.79 Å². The number of carbonyl (C=O) groups is 1. The number of hydrogen-bond donors (Lipinski definition) is 3. The smallest absolute Gasteiger partial charge is 0.319 e. The van der Waals surface area contributed by atoms with Gasteiger partial charge in [0.2, 0.25) is 0 Å². The van der Waals surface area contributed by atoms with E-state index >= 15 is 0 Å². The number of benzene rings is 1. The summed E-state index contributed by atoms with van der Waals surface area (Å²) in [6, 6.07) is 10.6. The lowest BCUT2D eigenvalue weighted by Crippen LogP contribution is -2.32. The highest BCUT2D eigenvalue weighted by Gasteiger charge is 2.07. The molecule has 0 atom stereocenters. The number of rotatable bonds is 8. The number of aryl methyl sites for hydroxylation is 1. The van der Waals surface area contributed by atoms with E-state index in [4.69, 9.17) is 4.74 Å². The Labute approximate surface area is 163 Å². The summed E-state index contributed by atoms with van der Waals surface area (Å²) in [4.78, 5) is 20.8. The first-order valence-electron chi connectivity index (χ1n) is 9.02. The quantitative estimate of drug-likeness (QED) is 0.518. The van der Waals surface area contributed by atoms with Crippen LogP contribution in [0.1, 0.15) is 12.7 Å². The van der Waals surface area contributed by atoms with E-state index in [1.54, 1.807) is 23.0 Å². The topological polar surface area (TPSA) is 106 Å². The fourth-order valence-corrected chi connectivity index (χ4v) is 2.55. The van der Waals surface area contributed by atoms with E-state index in [1.165, 1.54) is 0 Å². The minimum atomic E-state index is -0.301. The number of carbonyl (C=O) groups excluding carboxylic acids is 1. The molecule has 0 aliphatic carbocycles. The molecule has 0 aliphatic rings. The summed E-state index contributed by atoms with van der Waals surface area (Å²) in [5, 5.41) is 12.9. The first-order chi connectivity index (χ1) is 13.7. The van der Waals surface area contributed by atoms with Crippen LogP contribution in [0.5, 0.6) is 5.75 Å². The molecule has 3 N–H and O–H groups in total. The Kier molecular flexibility index (Phi) is 6.40. The summed E-state index contributed by atoms with van der Waals surface area (Å²) in [6.07, 6.45) is 3.51. The van der Waals surface area contributed by atoms with Crippen molar-refractivity contribution in [3.05, 3.63) is 54.6 Å². The van der Waals surface area contributed by atoms with Crippen molar-refractivity contribution in [2.75, 3.05) is 30.3 Å². The van der Waals surface area contributed by atoms with E-state index in [0.717, 1.165) is 0 Å². The highest BCUT2D eigenvalue weighted by atomic mass is 16.5. The molecule has 9 heteroatoms. The number of urea groups is 1. The number of ether oxygens (including phenoxy) is 1. The second kappa shape index (κ2) is 9.36. The predicted molar refractivity (Wildman–Crippen MR) is 107 cm³/mol. The minimum absolute atomic E-state index is 0.301. The summed E-state index contributed by atoms with van der Waals surface area (Å²) >= 11 is 0. The third-order valence-corrected chi connectivity index (χ3v) is 3.72. The van der Waals surface area contributed by atoms with E-state index < -0.39 is 0 Å². The van der Waals surface area contributed by atoms with Gasteiger partial charge in [-0.05, 0) is 32.0 Å². The molecule has 0 fully saturated rings. The monoisotopic (exact) mass is 381 g/mol. The van der Waals surface area contributed by atoms with Gasteiger partial charge in [-0.2, -0.15) is 5.10 Å². The van der Waals surface area contributed by atoms with E-state index in [0.29, 0.717) is 48.6 Å². The minimum Gasteiger partial charge on any atom is -0.492 e. The zero-order chi connectivity index (χ0) is 19.8. The van der Waals surface area contributed by atoms with Crippen molar-refractivity contribution in [1.82, 2.24) is 25.1 Å². The van der Waals surface area contributed by atoms with Crippen LogP contribution in [0.2, 0.25) is 0 Å². The number of amides is 2. The number of aromatic nitrogens is 4. The molecule has 2 aromatic heterocycles. The Morgan fingerprint density at radius 1 is 1.18 bits per heavy atom. The average Bonchev–Trinajstić information content (AvgIpc) is 3.22.